The number of hydrogen-bond acceptors (Lipinski definition) is 3. The van der Waals surface area contributed by atoms with E-state index in [0.29, 0.717) is 6.04 Å². The maximum atomic E-state index is 5.65. The highest BCUT2D eigenvalue weighted by atomic mass is 15.2. The van der Waals surface area contributed by atoms with Gasteiger partial charge in [0.2, 0.25) is 0 Å². The fourth-order valence-electron chi connectivity index (χ4n) is 2.84. The van der Waals surface area contributed by atoms with Crippen LogP contribution in [-0.4, -0.2) is 49.1 Å². The van der Waals surface area contributed by atoms with Gasteiger partial charge in [0.1, 0.15) is 0 Å². The first kappa shape index (κ1) is 14.5. The summed E-state index contributed by atoms with van der Waals surface area (Å²) in [5.74, 6) is 0. The van der Waals surface area contributed by atoms with Crippen LogP contribution in [0.4, 0.5) is 0 Å². The van der Waals surface area contributed by atoms with Crippen molar-refractivity contribution in [3.63, 3.8) is 0 Å². The van der Waals surface area contributed by atoms with Crippen LogP contribution in [-0.2, 0) is 0 Å². The Hall–Kier alpha value is -0.900. The summed E-state index contributed by atoms with van der Waals surface area (Å²) in [6.45, 7) is 10.9. The van der Waals surface area contributed by atoms with E-state index in [0.717, 1.165) is 26.2 Å². The molecule has 1 aliphatic rings. The third-order valence-corrected chi connectivity index (χ3v) is 4.18. The first-order valence-corrected chi connectivity index (χ1v) is 7.43. The van der Waals surface area contributed by atoms with Gasteiger partial charge in [0.05, 0.1) is 0 Å². The first-order valence-electron chi connectivity index (χ1n) is 7.43. The molecular formula is C16H27N3. The maximum Gasteiger partial charge on any atom is 0.0320 e. The van der Waals surface area contributed by atoms with Crippen LogP contribution in [0.3, 0.4) is 0 Å². The van der Waals surface area contributed by atoms with E-state index >= 15 is 0 Å². The van der Waals surface area contributed by atoms with Crippen molar-refractivity contribution in [2.75, 3.05) is 39.3 Å². The molecule has 0 aromatic heterocycles. The standard InChI is InChI=1S/C16H27N3/c1-14-4-6-16(7-5-14)15(2)19-10-3-9-18(11-8-17)12-13-19/h4-7,15H,3,8-13,17H2,1-2H3. The first-order chi connectivity index (χ1) is 9.20. The van der Waals surface area contributed by atoms with Gasteiger partial charge in [0.25, 0.3) is 0 Å². The van der Waals surface area contributed by atoms with E-state index in [2.05, 4.69) is 47.9 Å². The summed E-state index contributed by atoms with van der Waals surface area (Å²) in [4.78, 5) is 5.09. The van der Waals surface area contributed by atoms with Crippen molar-refractivity contribution in [1.29, 1.82) is 0 Å². The zero-order valence-corrected chi connectivity index (χ0v) is 12.3. The van der Waals surface area contributed by atoms with Gasteiger partial charge in [0.15, 0.2) is 0 Å². The highest BCUT2D eigenvalue weighted by Gasteiger charge is 2.19. The molecule has 0 radical (unpaired) electrons. The van der Waals surface area contributed by atoms with Gasteiger partial charge in [-0.1, -0.05) is 29.8 Å². The average molecular weight is 261 g/mol. The van der Waals surface area contributed by atoms with Gasteiger partial charge in [-0.15, -0.1) is 0 Å². The van der Waals surface area contributed by atoms with Gasteiger partial charge in [-0.2, -0.15) is 0 Å². The average Bonchev–Trinajstić information content (AvgIpc) is 2.65. The van der Waals surface area contributed by atoms with E-state index in [1.54, 1.807) is 0 Å². The van der Waals surface area contributed by atoms with Crippen molar-refractivity contribution in [3.8, 4) is 0 Å². The summed E-state index contributed by atoms with van der Waals surface area (Å²) in [6, 6.07) is 9.47. The lowest BCUT2D eigenvalue weighted by atomic mass is 10.1. The zero-order chi connectivity index (χ0) is 13.7. The Balaban J connectivity index is 1.95. The van der Waals surface area contributed by atoms with Crippen LogP contribution in [0.1, 0.15) is 30.5 Å². The minimum Gasteiger partial charge on any atom is -0.329 e. The molecule has 1 aliphatic heterocycles. The van der Waals surface area contributed by atoms with Crippen LogP contribution in [0, 0.1) is 6.92 Å². The number of nitrogens with zero attached hydrogens (tertiary/aromatic N) is 2. The van der Waals surface area contributed by atoms with Gasteiger partial charge in [-0.05, 0) is 32.4 Å². The Morgan fingerprint density at radius 3 is 2.53 bits per heavy atom. The van der Waals surface area contributed by atoms with Crippen LogP contribution >= 0.6 is 0 Å². The quantitative estimate of drug-likeness (QED) is 0.900. The second-order valence-corrected chi connectivity index (χ2v) is 5.61. The smallest absolute Gasteiger partial charge is 0.0320 e. The number of rotatable bonds is 4. The van der Waals surface area contributed by atoms with E-state index in [4.69, 9.17) is 5.73 Å². The number of hydrogen-bond donors (Lipinski definition) is 1. The Labute approximate surface area is 117 Å². The Morgan fingerprint density at radius 2 is 1.84 bits per heavy atom. The molecule has 1 unspecified atom stereocenters. The Morgan fingerprint density at radius 1 is 1.11 bits per heavy atom. The van der Waals surface area contributed by atoms with Crippen molar-refractivity contribution in [1.82, 2.24) is 9.80 Å². The van der Waals surface area contributed by atoms with Crippen LogP contribution in [0.25, 0.3) is 0 Å². The second kappa shape index (κ2) is 7.04. The predicted octanol–water partition coefficient (Wildman–Crippen LogP) is 2.02. The lowest BCUT2D eigenvalue weighted by Crippen LogP contribution is -2.34. The predicted molar refractivity (Wildman–Crippen MR) is 81.3 cm³/mol. The van der Waals surface area contributed by atoms with Crippen molar-refractivity contribution >= 4 is 0 Å². The summed E-state index contributed by atoms with van der Waals surface area (Å²) in [5.41, 5.74) is 8.42. The summed E-state index contributed by atoms with van der Waals surface area (Å²) < 4.78 is 0. The molecule has 1 atom stereocenters. The fraction of sp³-hybridized carbons (Fsp3) is 0.625. The third kappa shape index (κ3) is 4.03. The second-order valence-electron chi connectivity index (χ2n) is 5.61. The summed E-state index contributed by atoms with van der Waals surface area (Å²) in [6.07, 6.45) is 1.25. The van der Waals surface area contributed by atoms with Gasteiger partial charge < -0.3 is 10.6 Å². The molecule has 0 bridgehead atoms. The molecule has 1 heterocycles. The molecule has 1 fully saturated rings. The molecule has 1 aromatic rings. The molecular weight excluding hydrogens is 234 g/mol. The minimum atomic E-state index is 0.512. The highest BCUT2D eigenvalue weighted by molar-refractivity contribution is 5.23. The largest absolute Gasteiger partial charge is 0.329 e. The number of aryl methyl sites for hydroxylation is 1. The maximum absolute atomic E-state index is 5.65. The normalized spacial score (nSPS) is 20.2. The van der Waals surface area contributed by atoms with Crippen LogP contribution in [0.2, 0.25) is 0 Å². The number of benzene rings is 1. The topological polar surface area (TPSA) is 32.5 Å². The fourth-order valence-corrected chi connectivity index (χ4v) is 2.84. The summed E-state index contributed by atoms with van der Waals surface area (Å²) >= 11 is 0. The van der Waals surface area contributed by atoms with Crippen LogP contribution in [0.15, 0.2) is 24.3 Å². The molecule has 1 saturated heterocycles. The van der Waals surface area contributed by atoms with Gasteiger partial charge in [-0.3, -0.25) is 4.90 Å². The highest BCUT2D eigenvalue weighted by Crippen LogP contribution is 2.21. The minimum absolute atomic E-state index is 0.512. The molecule has 3 nitrogen and oxygen atoms in total. The van der Waals surface area contributed by atoms with Crippen molar-refractivity contribution < 1.29 is 0 Å². The van der Waals surface area contributed by atoms with Crippen molar-refractivity contribution in [3.05, 3.63) is 35.4 Å². The summed E-state index contributed by atoms with van der Waals surface area (Å²) in [7, 11) is 0. The van der Waals surface area contributed by atoms with Crippen LogP contribution in [0.5, 0.6) is 0 Å². The van der Waals surface area contributed by atoms with Gasteiger partial charge >= 0.3 is 0 Å². The van der Waals surface area contributed by atoms with E-state index in [-0.39, 0.29) is 0 Å². The van der Waals surface area contributed by atoms with E-state index in [9.17, 15) is 0 Å². The molecule has 19 heavy (non-hydrogen) atoms. The van der Waals surface area contributed by atoms with E-state index < -0.39 is 0 Å². The molecule has 3 heteroatoms. The van der Waals surface area contributed by atoms with Crippen molar-refractivity contribution in [2.45, 2.75) is 26.3 Å². The number of nitrogens with two attached hydrogens (primary N) is 1. The zero-order valence-electron chi connectivity index (χ0n) is 12.3. The third-order valence-electron chi connectivity index (χ3n) is 4.18. The van der Waals surface area contributed by atoms with Crippen molar-refractivity contribution in [2.24, 2.45) is 5.73 Å². The molecule has 2 rings (SSSR count). The van der Waals surface area contributed by atoms with Gasteiger partial charge in [0, 0.05) is 38.8 Å². The van der Waals surface area contributed by atoms with E-state index in [1.807, 2.05) is 0 Å². The molecule has 106 valence electrons. The lowest BCUT2D eigenvalue weighted by molar-refractivity contribution is 0.211. The molecule has 0 spiro atoms. The SMILES string of the molecule is Cc1ccc(C(C)N2CCCN(CCN)CC2)cc1. The monoisotopic (exact) mass is 261 g/mol. The molecule has 1 aromatic carbocycles. The molecule has 0 aliphatic carbocycles. The van der Waals surface area contributed by atoms with E-state index in [1.165, 1.54) is 30.6 Å². The van der Waals surface area contributed by atoms with Gasteiger partial charge in [-0.25, -0.2) is 0 Å². The molecule has 0 amide bonds. The van der Waals surface area contributed by atoms with Crippen LogP contribution < -0.4 is 5.73 Å². The Bertz CT molecular complexity index is 374. The lowest BCUT2D eigenvalue weighted by Gasteiger charge is -2.28. The summed E-state index contributed by atoms with van der Waals surface area (Å²) in [5, 5.41) is 0. The Kier molecular flexibility index (Phi) is 5.37. The molecule has 0 saturated carbocycles. The molecule has 2 N–H and O–H groups in total.